The number of hydrogen-bond acceptors (Lipinski definition) is 3. The minimum absolute atomic E-state index is 0.755. The lowest BCUT2D eigenvalue weighted by Gasteiger charge is -2.03. The molecule has 3 heteroatoms. The largest absolute Gasteiger partial charge is 0.411 e. The summed E-state index contributed by atoms with van der Waals surface area (Å²) >= 11 is 0. The molecule has 1 rings (SSSR count). The maximum Gasteiger partial charge on any atom is 0.0552 e. The molecular weight excluding hydrogens is 176 g/mol. The highest BCUT2D eigenvalue weighted by atomic mass is 16.4. The summed E-state index contributed by atoms with van der Waals surface area (Å²) < 4.78 is 0. The van der Waals surface area contributed by atoms with Gasteiger partial charge in [0.15, 0.2) is 0 Å². The molecule has 0 aliphatic carbocycles. The van der Waals surface area contributed by atoms with Crippen molar-refractivity contribution in [3.63, 3.8) is 0 Å². The Kier molecular flexibility index (Phi) is 4.72. The zero-order chi connectivity index (χ0) is 10.2. The summed E-state index contributed by atoms with van der Waals surface area (Å²) in [7, 11) is 0. The fourth-order valence-corrected chi connectivity index (χ4v) is 1.15. The third kappa shape index (κ3) is 4.05. The molecule has 0 aliphatic rings. The zero-order valence-corrected chi connectivity index (χ0v) is 8.40. The van der Waals surface area contributed by atoms with E-state index in [1.54, 1.807) is 0 Å². The first-order chi connectivity index (χ1) is 6.83. The van der Waals surface area contributed by atoms with E-state index in [9.17, 15) is 0 Å². The Morgan fingerprint density at radius 1 is 1.36 bits per heavy atom. The average Bonchev–Trinajstić information content (AvgIpc) is 2.25. The lowest BCUT2D eigenvalue weighted by Crippen LogP contribution is -2.16. The Morgan fingerprint density at radius 2 is 2.07 bits per heavy atom. The molecule has 3 nitrogen and oxygen atoms in total. The third-order valence-corrected chi connectivity index (χ3v) is 2.01. The van der Waals surface area contributed by atoms with E-state index in [1.807, 2.05) is 25.1 Å². The van der Waals surface area contributed by atoms with Crippen LogP contribution in [0, 0.1) is 0 Å². The van der Waals surface area contributed by atoms with Crippen LogP contribution < -0.4 is 5.32 Å². The van der Waals surface area contributed by atoms with Crippen molar-refractivity contribution in [2.75, 3.05) is 6.54 Å². The molecule has 14 heavy (non-hydrogen) atoms. The molecule has 0 atom stereocenters. The van der Waals surface area contributed by atoms with E-state index < -0.39 is 0 Å². The van der Waals surface area contributed by atoms with Gasteiger partial charge in [-0.1, -0.05) is 35.5 Å². The Morgan fingerprint density at radius 3 is 2.71 bits per heavy atom. The third-order valence-electron chi connectivity index (χ3n) is 2.01. The van der Waals surface area contributed by atoms with Crippen LogP contribution in [0.3, 0.4) is 0 Å². The van der Waals surface area contributed by atoms with Gasteiger partial charge in [0.05, 0.1) is 5.71 Å². The van der Waals surface area contributed by atoms with Gasteiger partial charge in [0.25, 0.3) is 0 Å². The van der Waals surface area contributed by atoms with Crippen molar-refractivity contribution in [2.24, 2.45) is 5.16 Å². The van der Waals surface area contributed by atoms with Crippen molar-refractivity contribution in [3.05, 3.63) is 35.9 Å². The molecule has 0 spiro atoms. The molecule has 0 unspecified atom stereocenters. The van der Waals surface area contributed by atoms with Gasteiger partial charge >= 0.3 is 0 Å². The molecule has 0 heterocycles. The van der Waals surface area contributed by atoms with E-state index in [-0.39, 0.29) is 0 Å². The van der Waals surface area contributed by atoms with Gasteiger partial charge in [0.1, 0.15) is 0 Å². The summed E-state index contributed by atoms with van der Waals surface area (Å²) in [6, 6.07) is 10.2. The van der Waals surface area contributed by atoms with Gasteiger partial charge in [0.2, 0.25) is 0 Å². The number of nitrogens with zero attached hydrogens (tertiary/aromatic N) is 1. The minimum atomic E-state index is 0.755. The second-order valence-electron chi connectivity index (χ2n) is 3.25. The number of oxime groups is 1. The van der Waals surface area contributed by atoms with Crippen LogP contribution in [0.25, 0.3) is 0 Å². The smallest absolute Gasteiger partial charge is 0.0552 e. The Labute approximate surface area is 84.4 Å². The minimum Gasteiger partial charge on any atom is -0.411 e. The van der Waals surface area contributed by atoms with Crippen LogP contribution in [-0.4, -0.2) is 17.5 Å². The van der Waals surface area contributed by atoms with Crippen molar-refractivity contribution in [2.45, 2.75) is 19.9 Å². The van der Waals surface area contributed by atoms with E-state index >= 15 is 0 Å². The second-order valence-corrected chi connectivity index (χ2v) is 3.25. The average molecular weight is 192 g/mol. The number of hydrogen-bond donors (Lipinski definition) is 2. The quantitative estimate of drug-likeness (QED) is 0.324. The maximum absolute atomic E-state index is 8.41. The molecule has 2 N–H and O–H groups in total. The molecule has 1 aromatic carbocycles. The van der Waals surface area contributed by atoms with E-state index in [0.717, 1.165) is 25.2 Å². The molecule has 0 saturated carbocycles. The van der Waals surface area contributed by atoms with Crippen molar-refractivity contribution < 1.29 is 5.21 Å². The van der Waals surface area contributed by atoms with Gasteiger partial charge in [-0.3, -0.25) is 0 Å². The highest BCUT2D eigenvalue weighted by molar-refractivity contribution is 5.81. The van der Waals surface area contributed by atoms with Gasteiger partial charge in [-0.25, -0.2) is 0 Å². The number of benzene rings is 1. The van der Waals surface area contributed by atoms with Gasteiger partial charge in [-0.05, 0) is 12.5 Å². The maximum atomic E-state index is 8.41. The number of rotatable bonds is 5. The van der Waals surface area contributed by atoms with Crippen molar-refractivity contribution >= 4 is 5.71 Å². The fraction of sp³-hybridized carbons (Fsp3) is 0.364. The zero-order valence-electron chi connectivity index (χ0n) is 8.40. The lowest BCUT2D eigenvalue weighted by atomic mass is 10.2. The summed E-state index contributed by atoms with van der Waals surface area (Å²) in [6.07, 6.45) is 0.781. The van der Waals surface area contributed by atoms with Crippen LogP contribution in [0.5, 0.6) is 0 Å². The van der Waals surface area contributed by atoms with Gasteiger partial charge in [-0.2, -0.15) is 0 Å². The molecule has 76 valence electrons. The first kappa shape index (κ1) is 10.7. The van der Waals surface area contributed by atoms with Gasteiger partial charge < -0.3 is 10.5 Å². The van der Waals surface area contributed by atoms with Crippen LogP contribution in [0.15, 0.2) is 35.5 Å². The predicted molar refractivity (Wildman–Crippen MR) is 57.7 cm³/mol. The normalized spacial score (nSPS) is 11.6. The van der Waals surface area contributed by atoms with E-state index in [2.05, 4.69) is 22.6 Å². The lowest BCUT2D eigenvalue weighted by molar-refractivity contribution is 0.317. The fourth-order valence-electron chi connectivity index (χ4n) is 1.15. The van der Waals surface area contributed by atoms with Crippen molar-refractivity contribution in [1.29, 1.82) is 0 Å². The SMILES string of the molecule is C/C(CCNCc1ccccc1)=N/O. The van der Waals surface area contributed by atoms with E-state index in [1.165, 1.54) is 5.56 Å². The molecular formula is C11H16N2O. The van der Waals surface area contributed by atoms with Crippen LogP contribution in [0.2, 0.25) is 0 Å². The predicted octanol–water partition coefficient (Wildman–Crippen LogP) is 2.02. The van der Waals surface area contributed by atoms with E-state index in [4.69, 9.17) is 5.21 Å². The summed E-state index contributed by atoms with van der Waals surface area (Å²) in [5, 5.41) is 14.8. The van der Waals surface area contributed by atoms with Crippen molar-refractivity contribution in [3.8, 4) is 0 Å². The molecule has 1 aromatic rings. The number of nitrogens with one attached hydrogen (secondary N) is 1. The van der Waals surface area contributed by atoms with Crippen LogP contribution >= 0.6 is 0 Å². The summed E-state index contributed by atoms with van der Waals surface area (Å²) in [6.45, 7) is 3.51. The van der Waals surface area contributed by atoms with Crippen LogP contribution in [0.1, 0.15) is 18.9 Å². The topological polar surface area (TPSA) is 44.6 Å². The Balaban J connectivity index is 2.17. The molecule has 0 aliphatic heterocycles. The summed E-state index contributed by atoms with van der Waals surface area (Å²) in [5.74, 6) is 0. The molecule has 0 amide bonds. The second kappa shape index (κ2) is 6.16. The Hall–Kier alpha value is -1.35. The van der Waals surface area contributed by atoms with Crippen LogP contribution in [0.4, 0.5) is 0 Å². The standard InChI is InChI=1S/C11H16N2O/c1-10(13-14)7-8-12-9-11-5-3-2-4-6-11/h2-6,12,14H,7-9H2,1H3/b13-10-. The molecule has 0 saturated heterocycles. The molecule has 0 aromatic heterocycles. The van der Waals surface area contributed by atoms with Gasteiger partial charge in [-0.15, -0.1) is 0 Å². The molecule has 0 fully saturated rings. The molecule has 0 bridgehead atoms. The monoisotopic (exact) mass is 192 g/mol. The Bertz CT molecular complexity index is 283. The first-order valence-electron chi connectivity index (χ1n) is 4.75. The summed E-state index contributed by atoms with van der Waals surface area (Å²) in [5.41, 5.74) is 2.02. The first-order valence-corrected chi connectivity index (χ1v) is 4.75. The highest BCUT2D eigenvalue weighted by Gasteiger charge is 1.93. The summed E-state index contributed by atoms with van der Waals surface area (Å²) in [4.78, 5) is 0. The van der Waals surface area contributed by atoms with E-state index in [0.29, 0.717) is 0 Å². The highest BCUT2D eigenvalue weighted by Crippen LogP contribution is 1.97. The molecule has 0 radical (unpaired) electrons. The van der Waals surface area contributed by atoms with Crippen LogP contribution in [-0.2, 0) is 6.54 Å². The van der Waals surface area contributed by atoms with Crippen molar-refractivity contribution in [1.82, 2.24) is 5.32 Å². The van der Waals surface area contributed by atoms with Gasteiger partial charge in [0, 0.05) is 19.5 Å².